The van der Waals surface area contributed by atoms with E-state index in [1.165, 1.54) is 36.4 Å². The SMILES string of the molecule is O=C(NC(CCN1CC2CN(C(=O)c3c(F)cccc3Cl)CC2C1)c1ccccc1)c1cccc(F)c1. The summed E-state index contributed by atoms with van der Waals surface area (Å²) in [6.07, 6.45) is 0.692. The Kier molecular flexibility index (Phi) is 7.53. The summed E-state index contributed by atoms with van der Waals surface area (Å²) in [6.45, 7) is 3.58. The topological polar surface area (TPSA) is 52.7 Å². The molecule has 8 heteroatoms. The van der Waals surface area contributed by atoms with Gasteiger partial charge in [0.25, 0.3) is 11.8 Å². The molecule has 0 spiro atoms. The fraction of sp³-hybridized carbons (Fsp3) is 0.310. The Balaban J connectivity index is 1.19. The first-order valence-corrected chi connectivity index (χ1v) is 12.8. The number of hydrogen-bond donors (Lipinski definition) is 1. The molecule has 5 nitrogen and oxygen atoms in total. The zero-order valence-corrected chi connectivity index (χ0v) is 21.0. The maximum absolute atomic E-state index is 14.3. The molecule has 192 valence electrons. The minimum atomic E-state index is -0.594. The largest absolute Gasteiger partial charge is 0.345 e. The van der Waals surface area contributed by atoms with Crippen molar-refractivity contribution in [1.29, 1.82) is 0 Å². The van der Waals surface area contributed by atoms with Gasteiger partial charge in [-0.1, -0.05) is 54.1 Å². The van der Waals surface area contributed by atoms with E-state index in [4.69, 9.17) is 11.6 Å². The van der Waals surface area contributed by atoms with E-state index in [0.29, 0.717) is 31.3 Å². The van der Waals surface area contributed by atoms with Crippen LogP contribution in [0.5, 0.6) is 0 Å². The number of nitrogens with zero attached hydrogens (tertiary/aromatic N) is 2. The van der Waals surface area contributed by atoms with Crippen LogP contribution >= 0.6 is 11.6 Å². The van der Waals surface area contributed by atoms with Crippen LogP contribution in [-0.2, 0) is 0 Å². The molecule has 2 heterocycles. The minimum absolute atomic E-state index is 0.0549. The van der Waals surface area contributed by atoms with E-state index in [1.54, 1.807) is 11.0 Å². The molecular formula is C29H28ClF2N3O2. The van der Waals surface area contributed by atoms with E-state index in [2.05, 4.69) is 10.2 Å². The number of fused-ring (bicyclic) bond motifs is 1. The lowest BCUT2D eigenvalue weighted by Crippen LogP contribution is -2.35. The van der Waals surface area contributed by atoms with Gasteiger partial charge in [-0.2, -0.15) is 0 Å². The van der Waals surface area contributed by atoms with Crippen LogP contribution in [0.1, 0.15) is 38.7 Å². The van der Waals surface area contributed by atoms with Crippen LogP contribution in [0.25, 0.3) is 0 Å². The van der Waals surface area contributed by atoms with Gasteiger partial charge in [0.15, 0.2) is 0 Å². The van der Waals surface area contributed by atoms with E-state index in [-0.39, 0.29) is 34.0 Å². The smallest absolute Gasteiger partial charge is 0.258 e. The van der Waals surface area contributed by atoms with Gasteiger partial charge in [0, 0.05) is 38.3 Å². The third-order valence-electron chi connectivity index (χ3n) is 7.35. The molecular weight excluding hydrogens is 496 g/mol. The van der Waals surface area contributed by atoms with Crippen LogP contribution in [-0.4, -0.2) is 54.3 Å². The lowest BCUT2D eigenvalue weighted by Gasteiger charge is -2.25. The number of likely N-dealkylation sites (tertiary alicyclic amines) is 2. The van der Waals surface area contributed by atoms with Crippen molar-refractivity contribution in [1.82, 2.24) is 15.1 Å². The lowest BCUT2D eigenvalue weighted by atomic mass is 10.0. The first-order chi connectivity index (χ1) is 17.9. The molecule has 3 aromatic carbocycles. The zero-order chi connectivity index (χ0) is 25.9. The second-order valence-corrected chi connectivity index (χ2v) is 10.2. The summed E-state index contributed by atoms with van der Waals surface area (Å²) >= 11 is 6.11. The quantitative estimate of drug-likeness (QED) is 0.464. The van der Waals surface area contributed by atoms with Crippen molar-refractivity contribution in [2.24, 2.45) is 11.8 Å². The first-order valence-electron chi connectivity index (χ1n) is 12.5. The summed E-state index contributed by atoms with van der Waals surface area (Å²) in [5.41, 5.74) is 1.22. The fourth-order valence-corrected chi connectivity index (χ4v) is 5.73. The average molecular weight is 524 g/mol. The van der Waals surface area contributed by atoms with Crippen molar-refractivity contribution in [3.8, 4) is 0 Å². The molecule has 2 amide bonds. The van der Waals surface area contributed by atoms with Crippen molar-refractivity contribution in [2.45, 2.75) is 12.5 Å². The standard InChI is InChI=1S/C29H28ClF2N3O2/c30-24-10-5-11-25(32)27(24)29(37)35-17-21-15-34(16-22(21)18-35)13-12-26(19-6-2-1-3-7-19)33-28(36)20-8-4-9-23(31)14-20/h1-11,14,21-22,26H,12-13,15-18H2,(H,33,36). The van der Waals surface area contributed by atoms with E-state index in [0.717, 1.165) is 25.2 Å². The van der Waals surface area contributed by atoms with Crippen molar-refractivity contribution in [3.05, 3.63) is 106 Å². The number of carbonyl (C=O) groups excluding carboxylic acids is 2. The van der Waals surface area contributed by atoms with Crippen molar-refractivity contribution in [2.75, 3.05) is 32.7 Å². The zero-order valence-electron chi connectivity index (χ0n) is 20.2. The van der Waals surface area contributed by atoms with Gasteiger partial charge in [-0.25, -0.2) is 8.78 Å². The second-order valence-electron chi connectivity index (χ2n) is 9.82. The predicted octanol–water partition coefficient (Wildman–Crippen LogP) is 5.18. The molecule has 3 aromatic rings. The Morgan fingerprint density at radius 1 is 0.919 bits per heavy atom. The highest BCUT2D eigenvalue weighted by atomic mass is 35.5. The monoisotopic (exact) mass is 523 g/mol. The normalized spacial score (nSPS) is 20.0. The molecule has 0 bridgehead atoms. The van der Waals surface area contributed by atoms with Crippen molar-refractivity contribution in [3.63, 3.8) is 0 Å². The fourth-order valence-electron chi connectivity index (χ4n) is 5.49. The third-order valence-corrected chi connectivity index (χ3v) is 7.67. The van der Waals surface area contributed by atoms with Crippen molar-refractivity contribution < 1.29 is 18.4 Å². The predicted molar refractivity (Wildman–Crippen MR) is 138 cm³/mol. The van der Waals surface area contributed by atoms with Crippen LogP contribution in [0.3, 0.4) is 0 Å². The van der Waals surface area contributed by atoms with Crippen LogP contribution < -0.4 is 5.32 Å². The Morgan fingerprint density at radius 3 is 2.30 bits per heavy atom. The van der Waals surface area contributed by atoms with Gasteiger partial charge in [0.1, 0.15) is 11.6 Å². The molecule has 3 unspecified atom stereocenters. The highest BCUT2D eigenvalue weighted by Crippen LogP contribution is 2.33. The Bertz CT molecular complexity index is 1250. The van der Waals surface area contributed by atoms with E-state index >= 15 is 0 Å². The molecule has 37 heavy (non-hydrogen) atoms. The van der Waals surface area contributed by atoms with E-state index in [9.17, 15) is 18.4 Å². The number of carbonyl (C=O) groups is 2. The summed E-state index contributed by atoms with van der Waals surface area (Å²) in [6, 6.07) is 19.5. The van der Waals surface area contributed by atoms with Gasteiger partial charge in [-0.05, 0) is 54.2 Å². The molecule has 0 saturated carbocycles. The number of halogens is 3. The number of amides is 2. The van der Waals surface area contributed by atoms with Crippen LogP contribution in [0.4, 0.5) is 8.78 Å². The molecule has 0 radical (unpaired) electrons. The van der Waals surface area contributed by atoms with Gasteiger partial charge in [0.2, 0.25) is 0 Å². The van der Waals surface area contributed by atoms with E-state index in [1.807, 2.05) is 30.3 Å². The number of rotatable bonds is 7. The van der Waals surface area contributed by atoms with E-state index < -0.39 is 11.6 Å². The summed E-state index contributed by atoms with van der Waals surface area (Å²) in [7, 11) is 0. The van der Waals surface area contributed by atoms with Gasteiger partial charge in [0.05, 0.1) is 16.6 Å². The maximum atomic E-state index is 14.3. The number of benzene rings is 3. The Hall–Kier alpha value is -3.29. The second kappa shape index (κ2) is 11.0. The molecule has 2 aliphatic rings. The van der Waals surface area contributed by atoms with Crippen LogP contribution in [0.2, 0.25) is 5.02 Å². The summed E-state index contributed by atoms with van der Waals surface area (Å²) in [5, 5.41) is 3.20. The lowest BCUT2D eigenvalue weighted by molar-refractivity contribution is 0.0769. The molecule has 1 N–H and O–H groups in total. The maximum Gasteiger partial charge on any atom is 0.258 e. The van der Waals surface area contributed by atoms with Gasteiger partial charge < -0.3 is 15.1 Å². The average Bonchev–Trinajstić information content (AvgIpc) is 3.46. The minimum Gasteiger partial charge on any atom is -0.345 e. The molecule has 0 aliphatic carbocycles. The summed E-state index contributed by atoms with van der Waals surface area (Å²) in [4.78, 5) is 29.8. The molecule has 0 aromatic heterocycles. The number of hydrogen-bond acceptors (Lipinski definition) is 3. The molecule has 3 atom stereocenters. The van der Waals surface area contributed by atoms with Crippen molar-refractivity contribution >= 4 is 23.4 Å². The van der Waals surface area contributed by atoms with Crippen LogP contribution in [0, 0.1) is 23.5 Å². The number of nitrogens with one attached hydrogen (secondary N) is 1. The van der Waals surface area contributed by atoms with Crippen LogP contribution in [0.15, 0.2) is 72.8 Å². The Labute approximate surface area is 220 Å². The summed E-state index contributed by atoms with van der Waals surface area (Å²) < 4.78 is 27.9. The van der Waals surface area contributed by atoms with Gasteiger partial charge >= 0.3 is 0 Å². The molecule has 2 fully saturated rings. The highest BCUT2D eigenvalue weighted by Gasteiger charge is 2.42. The third kappa shape index (κ3) is 5.68. The summed E-state index contributed by atoms with van der Waals surface area (Å²) in [5.74, 6) is -1.08. The molecule has 2 aliphatic heterocycles. The molecule has 2 saturated heterocycles. The first kappa shape index (κ1) is 25.4. The van der Waals surface area contributed by atoms with Gasteiger partial charge in [-0.3, -0.25) is 9.59 Å². The Morgan fingerprint density at radius 2 is 1.62 bits per heavy atom. The molecule has 5 rings (SSSR count). The van der Waals surface area contributed by atoms with Gasteiger partial charge in [-0.15, -0.1) is 0 Å². The highest BCUT2D eigenvalue weighted by molar-refractivity contribution is 6.33.